The first-order valence-electron chi connectivity index (χ1n) is 7.69. The van der Waals surface area contributed by atoms with Crippen LogP contribution in [-0.2, 0) is 4.74 Å². The molecule has 0 fully saturated rings. The number of hydrogen-bond acceptors (Lipinski definition) is 6. The first-order valence-corrected chi connectivity index (χ1v) is 7.69. The Balaban J connectivity index is 2.24. The Morgan fingerprint density at radius 1 is 1.42 bits per heavy atom. The van der Waals surface area contributed by atoms with Crippen LogP contribution in [0.2, 0.25) is 0 Å². The molecule has 24 heavy (non-hydrogen) atoms. The maximum Gasteiger partial charge on any atom is 0.422 e. The van der Waals surface area contributed by atoms with Crippen LogP contribution < -0.4 is 15.6 Å². The molecule has 1 heterocycles. The van der Waals surface area contributed by atoms with Gasteiger partial charge in [-0.1, -0.05) is 0 Å². The van der Waals surface area contributed by atoms with Gasteiger partial charge in [0.15, 0.2) is 0 Å². The predicted molar refractivity (Wildman–Crippen MR) is 87.1 cm³/mol. The molecule has 3 N–H and O–H groups in total. The number of carbonyl (C=O) groups excluding carboxylic acids is 1. The largest absolute Gasteiger partial charge is 0.485 e. The maximum atomic E-state index is 11.8. The fraction of sp³-hybridized carbons (Fsp3) is 0.529. The van der Waals surface area contributed by atoms with Crippen molar-refractivity contribution in [1.82, 2.24) is 10.9 Å². The number of nitriles is 1. The van der Waals surface area contributed by atoms with Crippen molar-refractivity contribution in [2.75, 3.05) is 0 Å². The van der Waals surface area contributed by atoms with Crippen molar-refractivity contribution in [2.24, 2.45) is 0 Å². The normalized spacial score (nSPS) is 21.9. The molecule has 2 atom stereocenters. The topological polar surface area (TPSA) is 104 Å². The highest BCUT2D eigenvalue weighted by Crippen LogP contribution is 2.39. The Hall–Kier alpha value is -2.30. The molecule has 0 saturated heterocycles. The summed E-state index contributed by atoms with van der Waals surface area (Å²) in [6, 6.07) is 6.36. The molecule has 0 unspecified atom stereocenters. The van der Waals surface area contributed by atoms with Gasteiger partial charge in [-0.15, -0.1) is 0 Å². The zero-order chi connectivity index (χ0) is 18.1. The summed E-state index contributed by atoms with van der Waals surface area (Å²) in [5.74, 6) is 0.549. The number of rotatable bonds is 2. The molecule has 1 aliphatic heterocycles. The Morgan fingerprint density at radius 2 is 2.08 bits per heavy atom. The highest BCUT2D eigenvalue weighted by Gasteiger charge is 2.43. The van der Waals surface area contributed by atoms with Crippen LogP contribution in [0.3, 0.4) is 0 Å². The average molecular weight is 333 g/mol. The van der Waals surface area contributed by atoms with Gasteiger partial charge < -0.3 is 14.6 Å². The van der Waals surface area contributed by atoms with Crippen LogP contribution in [0, 0.1) is 11.3 Å². The summed E-state index contributed by atoms with van der Waals surface area (Å²) in [4.78, 5) is 11.8. The van der Waals surface area contributed by atoms with E-state index in [0.29, 0.717) is 16.9 Å². The third-order valence-electron chi connectivity index (χ3n) is 3.60. The second kappa shape index (κ2) is 6.30. The zero-order valence-corrected chi connectivity index (χ0v) is 14.5. The van der Waals surface area contributed by atoms with Gasteiger partial charge in [-0.2, -0.15) is 5.26 Å². The number of ether oxygens (including phenoxy) is 2. The zero-order valence-electron chi connectivity index (χ0n) is 14.5. The smallest absolute Gasteiger partial charge is 0.422 e. The van der Waals surface area contributed by atoms with Crippen molar-refractivity contribution in [2.45, 2.75) is 58.0 Å². The summed E-state index contributed by atoms with van der Waals surface area (Å²) in [6.45, 7) is 8.77. The quantitative estimate of drug-likeness (QED) is 0.717. The first-order chi connectivity index (χ1) is 11.0. The van der Waals surface area contributed by atoms with Crippen molar-refractivity contribution in [3.8, 4) is 11.8 Å². The number of aliphatic hydroxyl groups is 1. The highest BCUT2D eigenvalue weighted by molar-refractivity contribution is 5.67. The molecule has 1 aliphatic rings. The lowest BCUT2D eigenvalue weighted by Crippen LogP contribution is -2.56. The van der Waals surface area contributed by atoms with Gasteiger partial charge in [-0.25, -0.2) is 10.2 Å². The van der Waals surface area contributed by atoms with Gasteiger partial charge in [-0.05, 0) is 52.8 Å². The van der Waals surface area contributed by atoms with E-state index >= 15 is 0 Å². The molecule has 0 aromatic heterocycles. The second-order valence-corrected chi connectivity index (χ2v) is 7.26. The summed E-state index contributed by atoms with van der Waals surface area (Å²) in [6.07, 6.45) is -1.61. The monoisotopic (exact) mass is 333 g/mol. The number of hydrazine groups is 1. The number of hydrogen-bond donors (Lipinski definition) is 3. The predicted octanol–water partition coefficient (Wildman–Crippen LogP) is 2.16. The van der Waals surface area contributed by atoms with Crippen LogP contribution in [0.25, 0.3) is 0 Å². The fourth-order valence-electron chi connectivity index (χ4n) is 2.47. The van der Waals surface area contributed by atoms with E-state index < -0.39 is 29.4 Å². The standard InChI is InChI=1S/C17H23N3O4/c1-16(2,3)24-15(22)20-19-13-11-8-10(9-18)6-7-12(11)23-17(4,5)14(13)21/h6-8,13-14,19,21H,1-5H3,(H,20,22)/t13-,14+/m1/s1. The van der Waals surface area contributed by atoms with Crippen LogP contribution >= 0.6 is 0 Å². The lowest BCUT2D eigenvalue weighted by atomic mass is 9.86. The van der Waals surface area contributed by atoms with E-state index in [1.54, 1.807) is 52.8 Å². The van der Waals surface area contributed by atoms with Crippen LogP contribution in [0.4, 0.5) is 4.79 Å². The Morgan fingerprint density at radius 3 is 2.67 bits per heavy atom. The van der Waals surface area contributed by atoms with E-state index in [2.05, 4.69) is 16.9 Å². The molecule has 7 nitrogen and oxygen atoms in total. The first kappa shape index (κ1) is 18.0. The van der Waals surface area contributed by atoms with Crippen molar-refractivity contribution in [1.29, 1.82) is 5.26 Å². The van der Waals surface area contributed by atoms with Crippen molar-refractivity contribution < 1.29 is 19.4 Å². The molecule has 7 heteroatoms. The SMILES string of the molecule is CC(C)(C)OC(=O)NN[C@@H]1c2cc(C#N)ccc2OC(C)(C)[C@H]1O. The highest BCUT2D eigenvalue weighted by atomic mass is 16.6. The Kier molecular flexibility index (Phi) is 4.74. The van der Waals surface area contributed by atoms with Gasteiger partial charge in [0.05, 0.1) is 17.7 Å². The molecule has 130 valence electrons. The summed E-state index contributed by atoms with van der Waals surface area (Å²) >= 11 is 0. The van der Waals surface area contributed by atoms with Gasteiger partial charge in [-0.3, -0.25) is 5.43 Å². The lowest BCUT2D eigenvalue weighted by Gasteiger charge is -2.42. The van der Waals surface area contributed by atoms with E-state index in [1.165, 1.54) is 0 Å². The molecule has 0 radical (unpaired) electrons. The third kappa shape index (κ3) is 3.96. The molecule has 1 aromatic rings. The van der Waals surface area contributed by atoms with Crippen LogP contribution in [0.1, 0.15) is 51.8 Å². The van der Waals surface area contributed by atoms with Gasteiger partial charge >= 0.3 is 6.09 Å². The Bertz CT molecular complexity index is 673. The van der Waals surface area contributed by atoms with Crippen LogP contribution in [-0.4, -0.2) is 28.5 Å². The number of benzene rings is 1. The summed E-state index contributed by atoms with van der Waals surface area (Å²) in [5, 5.41) is 19.7. The maximum absolute atomic E-state index is 11.8. The number of aliphatic hydroxyl groups excluding tert-OH is 1. The van der Waals surface area contributed by atoms with E-state index in [1.807, 2.05) is 0 Å². The number of carbonyl (C=O) groups is 1. The average Bonchev–Trinajstić information content (AvgIpc) is 2.45. The van der Waals surface area contributed by atoms with Crippen molar-refractivity contribution >= 4 is 6.09 Å². The van der Waals surface area contributed by atoms with Crippen molar-refractivity contribution in [3.63, 3.8) is 0 Å². The Labute approximate surface area is 141 Å². The third-order valence-corrected chi connectivity index (χ3v) is 3.60. The lowest BCUT2D eigenvalue weighted by molar-refractivity contribution is -0.0674. The second-order valence-electron chi connectivity index (χ2n) is 7.26. The minimum Gasteiger partial charge on any atom is -0.485 e. The van der Waals surface area contributed by atoms with E-state index in [-0.39, 0.29) is 0 Å². The van der Waals surface area contributed by atoms with E-state index in [9.17, 15) is 9.90 Å². The number of amides is 1. The molecule has 0 spiro atoms. The number of nitrogens with zero attached hydrogens (tertiary/aromatic N) is 1. The van der Waals surface area contributed by atoms with E-state index in [0.717, 1.165) is 0 Å². The summed E-state index contributed by atoms with van der Waals surface area (Å²) in [5.41, 5.74) is 4.77. The molecule has 0 saturated carbocycles. The van der Waals surface area contributed by atoms with Crippen LogP contribution in [0.15, 0.2) is 18.2 Å². The molecule has 1 aromatic carbocycles. The molecule has 0 aliphatic carbocycles. The molecule has 1 amide bonds. The van der Waals surface area contributed by atoms with Gasteiger partial charge in [0.25, 0.3) is 0 Å². The van der Waals surface area contributed by atoms with Crippen LogP contribution in [0.5, 0.6) is 5.75 Å². The molecular weight excluding hydrogens is 310 g/mol. The minimum atomic E-state index is -0.950. The summed E-state index contributed by atoms with van der Waals surface area (Å²) in [7, 11) is 0. The fourth-order valence-corrected chi connectivity index (χ4v) is 2.47. The van der Waals surface area contributed by atoms with Crippen molar-refractivity contribution in [3.05, 3.63) is 29.3 Å². The molecular formula is C17H23N3O4. The molecule has 0 bridgehead atoms. The number of fused-ring (bicyclic) bond motifs is 1. The molecule has 2 rings (SSSR count). The van der Waals surface area contributed by atoms with Gasteiger partial charge in [0.1, 0.15) is 23.1 Å². The number of nitrogens with one attached hydrogen (secondary N) is 2. The van der Waals surface area contributed by atoms with Gasteiger partial charge in [0, 0.05) is 5.56 Å². The summed E-state index contributed by atoms with van der Waals surface area (Å²) < 4.78 is 11.0. The van der Waals surface area contributed by atoms with Gasteiger partial charge in [0.2, 0.25) is 0 Å². The minimum absolute atomic E-state index is 0.438. The van der Waals surface area contributed by atoms with E-state index in [4.69, 9.17) is 14.7 Å².